The molecule has 0 amide bonds. The van der Waals surface area contributed by atoms with Crippen LogP contribution in [0.25, 0.3) is 0 Å². The van der Waals surface area contributed by atoms with Crippen LogP contribution in [0.2, 0.25) is 0 Å². The first-order valence-electron chi connectivity index (χ1n) is 6.46. The van der Waals surface area contributed by atoms with Crippen LogP contribution in [-0.4, -0.2) is 17.9 Å². The van der Waals surface area contributed by atoms with Crippen molar-refractivity contribution >= 4 is 6.29 Å². The maximum Gasteiger partial charge on any atom is 0.168 e. The second kappa shape index (κ2) is 7.31. The number of carbonyl (C=O) groups excluding carboxylic acids is 1. The van der Waals surface area contributed by atoms with Crippen molar-refractivity contribution in [2.45, 2.75) is 19.3 Å². The van der Waals surface area contributed by atoms with Gasteiger partial charge >= 0.3 is 0 Å². The van der Waals surface area contributed by atoms with Crippen LogP contribution in [0.5, 0.6) is 5.75 Å². The van der Waals surface area contributed by atoms with Gasteiger partial charge < -0.3 is 4.74 Å². The van der Waals surface area contributed by atoms with E-state index in [1.165, 1.54) is 5.56 Å². The van der Waals surface area contributed by atoms with Gasteiger partial charge in [-0.1, -0.05) is 30.3 Å². The summed E-state index contributed by atoms with van der Waals surface area (Å²) in [5.41, 5.74) is 1.79. The molecule has 0 radical (unpaired) electrons. The van der Waals surface area contributed by atoms with Gasteiger partial charge in [-0.15, -0.1) is 0 Å². The molecule has 0 aliphatic heterocycles. The Morgan fingerprint density at radius 2 is 1.89 bits per heavy atom. The lowest BCUT2D eigenvalue weighted by atomic mass is 10.1. The Hall–Kier alpha value is -2.16. The molecular formula is C16H17NO2. The number of benzene rings is 1. The van der Waals surface area contributed by atoms with E-state index in [2.05, 4.69) is 29.2 Å². The summed E-state index contributed by atoms with van der Waals surface area (Å²) in [6.45, 7) is 0.676. The number of hydrogen-bond donors (Lipinski definition) is 0. The predicted octanol–water partition coefficient (Wildman–Crippen LogP) is 3.30. The average molecular weight is 255 g/mol. The third kappa shape index (κ3) is 4.54. The van der Waals surface area contributed by atoms with Crippen LogP contribution in [0.1, 0.15) is 28.9 Å². The van der Waals surface area contributed by atoms with Gasteiger partial charge in [-0.25, -0.2) is 4.98 Å². The van der Waals surface area contributed by atoms with Gasteiger partial charge in [0.25, 0.3) is 0 Å². The molecule has 98 valence electrons. The number of pyridine rings is 1. The van der Waals surface area contributed by atoms with Gasteiger partial charge in [-0.2, -0.15) is 0 Å². The minimum atomic E-state index is 0.427. The predicted molar refractivity (Wildman–Crippen MR) is 74.5 cm³/mol. The summed E-state index contributed by atoms with van der Waals surface area (Å²) < 4.78 is 5.57. The number of nitrogens with zero attached hydrogens (tertiary/aromatic N) is 1. The number of unbranched alkanes of at least 4 members (excludes halogenated alkanes) is 1. The second-order valence-electron chi connectivity index (χ2n) is 4.33. The lowest BCUT2D eigenvalue weighted by Gasteiger charge is -2.05. The fourth-order valence-electron chi connectivity index (χ4n) is 1.81. The molecule has 3 heteroatoms. The number of hydrogen-bond acceptors (Lipinski definition) is 3. The van der Waals surface area contributed by atoms with Crippen LogP contribution in [0.15, 0.2) is 48.7 Å². The van der Waals surface area contributed by atoms with E-state index in [-0.39, 0.29) is 0 Å². The van der Waals surface area contributed by atoms with Crippen LogP contribution in [0, 0.1) is 0 Å². The molecule has 0 N–H and O–H groups in total. The molecule has 0 saturated heterocycles. The van der Waals surface area contributed by atoms with Gasteiger partial charge in [-0.05, 0) is 37.0 Å². The molecule has 2 rings (SSSR count). The highest BCUT2D eigenvalue weighted by molar-refractivity contribution is 5.71. The highest BCUT2D eigenvalue weighted by Gasteiger charge is 1.96. The molecule has 0 spiro atoms. The molecule has 0 bridgehead atoms. The normalized spacial score (nSPS) is 10.1. The van der Waals surface area contributed by atoms with Crippen molar-refractivity contribution in [3.8, 4) is 5.75 Å². The largest absolute Gasteiger partial charge is 0.492 e. The zero-order chi connectivity index (χ0) is 13.3. The summed E-state index contributed by atoms with van der Waals surface area (Å²) in [7, 11) is 0. The fourth-order valence-corrected chi connectivity index (χ4v) is 1.81. The van der Waals surface area contributed by atoms with E-state index in [0.717, 1.165) is 25.5 Å². The van der Waals surface area contributed by atoms with Crippen molar-refractivity contribution in [2.24, 2.45) is 0 Å². The number of aromatic nitrogens is 1. The van der Waals surface area contributed by atoms with Gasteiger partial charge in [0.2, 0.25) is 0 Å². The van der Waals surface area contributed by atoms with E-state index in [4.69, 9.17) is 4.74 Å². The molecule has 2 aromatic rings. The lowest BCUT2D eigenvalue weighted by molar-refractivity contribution is 0.111. The molecular weight excluding hydrogens is 238 g/mol. The third-order valence-electron chi connectivity index (χ3n) is 2.85. The van der Waals surface area contributed by atoms with Crippen molar-refractivity contribution in [3.63, 3.8) is 0 Å². The first-order valence-corrected chi connectivity index (χ1v) is 6.46. The molecule has 0 fully saturated rings. The van der Waals surface area contributed by atoms with E-state index >= 15 is 0 Å². The standard InChI is InChI=1S/C16H17NO2/c18-13-15-9-10-16(12-17-15)19-11-5-4-8-14-6-2-1-3-7-14/h1-3,6-7,9-10,12-13H,4-5,8,11H2. The van der Waals surface area contributed by atoms with Crippen LogP contribution < -0.4 is 4.74 Å². The topological polar surface area (TPSA) is 39.2 Å². The van der Waals surface area contributed by atoms with Crippen molar-refractivity contribution in [3.05, 3.63) is 59.9 Å². The van der Waals surface area contributed by atoms with E-state index < -0.39 is 0 Å². The summed E-state index contributed by atoms with van der Waals surface area (Å²) in [6.07, 6.45) is 5.49. The summed E-state index contributed by atoms with van der Waals surface area (Å²) in [4.78, 5) is 14.4. The minimum absolute atomic E-state index is 0.427. The number of carbonyl (C=O) groups is 1. The van der Waals surface area contributed by atoms with Crippen molar-refractivity contribution < 1.29 is 9.53 Å². The summed E-state index contributed by atoms with van der Waals surface area (Å²) in [5.74, 6) is 0.713. The minimum Gasteiger partial charge on any atom is -0.492 e. The Labute approximate surface area is 113 Å². The summed E-state index contributed by atoms with van der Waals surface area (Å²) in [5, 5.41) is 0. The van der Waals surface area contributed by atoms with Gasteiger partial charge in [0.15, 0.2) is 6.29 Å². The van der Waals surface area contributed by atoms with Gasteiger partial charge in [-0.3, -0.25) is 4.79 Å². The highest BCUT2D eigenvalue weighted by atomic mass is 16.5. The Balaban J connectivity index is 1.65. The molecule has 1 aromatic carbocycles. The van der Waals surface area contributed by atoms with E-state index in [1.54, 1.807) is 18.3 Å². The highest BCUT2D eigenvalue weighted by Crippen LogP contribution is 2.10. The van der Waals surface area contributed by atoms with E-state index in [1.807, 2.05) is 6.07 Å². The smallest absolute Gasteiger partial charge is 0.168 e. The first kappa shape index (κ1) is 13.3. The molecule has 3 nitrogen and oxygen atoms in total. The molecule has 1 aromatic heterocycles. The summed E-state index contributed by atoms with van der Waals surface area (Å²) in [6, 6.07) is 13.9. The zero-order valence-corrected chi connectivity index (χ0v) is 10.8. The Kier molecular flexibility index (Phi) is 5.11. The zero-order valence-electron chi connectivity index (χ0n) is 10.8. The first-order chi connectivity index (χ1) is 9.38. The molecule has 0 saturated carbocycles. The van der Waals surface area contributed by atoms with Crippen LogP contribution in [-0.2, 0) is 6.42 Å². The molecule has 0 aliphatic carbocycles. The molecule has 19 heavy (non-hydrogen) atoms. The molecule has 0 atom stereocenters. The van der Waals surface area contributed by atoms with Crippen LogP contribution >= 0.6 is 0 Å². The maximum atomic E-state index is 10.4. The number of rotatable bonds is 7. The van der Waals surface area contributed by atoms with Crippen molar-refractivity contribution in [1.82, 2.24) is 4.98 Å². The molecule has 1 heterocycles. The maximum absolute atomic E-state index is 10.4. The Morgan fingerprint density at radius 1 is 1.05 bits per heavy atom. The lowest BCUT2D eigenvalue weighted by Crippen LogP contribution is -1.99. The van der Waals surface area contributed by atoms with Crippen molar-refractivity contribution in [2.75, 3.05) is 6.61 Å². The monoisotopic (exact) mass is 255 g/mol. The second-order valence-corrected chi connectivity index (χ2v) is 4.33. The number of ether oxygens (including phenoxy) is 1. The number of aldehydes is 1. The Bertz CT molecular complexity index is 494. The average Bonchev–Trinajstić information content (AvgIpc) is 2.49. The van der Waals surface area contributed by atoms with Gasteiger partial charge in [0.05, 0.1) is 12.8 Å². The van der Waals surface area contributed by atoms with Crippen LogP contribution in [0.3, 0.4) is 0 Å². The fraction of sp³-hybridized carbons (Fsp3) is 0.250. The summed E-state index contributed by atoms with van der Waals surface area (Å²) >= 11 is 0. The van der Waals surface area contributed by atoms with Gasteiger partial charge in [0.1, 0.15) is 11.4 Å². The molecule has 0 unspecified atom stereocenters. The van der Waals surface area contributed by atoms with Crippen LogP contribution in [0.4, 0.5) is 0 Å². The number of aryl methyl sites for hydroxylation is 1. The van der Waals surface area contributed by atoms with Gasteiger partial charge in [0, 0.05) is 0 Å². The molecule has 0 aliphatic rings. The van der Waals surface area contributed by atoms with Crippen molar-refractivity contribution in [1.29, 1.82) is 0 Å². The quantitative estimate of drug-likeness (QED) is 0.563. The van der Waals surface area contributed by atoms with E-state index in [0.29, 0.717) is 18.1 Å². The third-order valence-corrected chi connectivity index (χ3v) is 2.85. The van der Waals surface area contributed by atoms with E-state index in [9.17, 15) is 4.79 Å². The Morgan fingerprint density at radius 3 is 2.58 bits per heavy atom. The SMILES string of the molecule is O=Cc1ccc(OCCCCc2ccccc2)cn1.